The molecule has 1 aliphatic carbocycles. The molecule has 0 saturated carbocycles. The summed E-state index contributed by atoms with van der Waals surface area (Å²) < 4.78 is 28.1. The summed E-state index contributed by atoms with van der Waals surface area (Å²) in [6, 6.07) is 22.0. The van der Waals surface area contributed by atoms with E-state index >= 15 is 0 Å². The van der Waals surface area contributed by atoms with Crippen molar-refractivity contribution in [3.63, 3.8) is 0 Å². The predicted molar refractivity (Wildman–Crippen MR) is 121 cm³/mol. The van der Waals surface area contributed by atoms with Crippen molar-refractivity contribution in [1.29, 1.82) is 0 Å². The Balaban J connectivity index is 1.40. The first-order valence-electron chi connectivity index (χ1n) is 10.6. The highest BCUT2D eigenvalue weighted by molar-refractivity contribution is 7.92. The van der Waals surface area contributed by atoms with Crippen LogP contribution in [0.15, 0.2) is 77.7 Å². The largest absolute Gasteiger partial charge is 0.345 e. The number of carbonyl (C=O) groups excluding carboxylic acids is 1. The lowest BCUT2D eigenvalue weighted by atomic mass is 9.87. The molecule has 1 aliphatic heterocycles. The van der Waals surface area contributed by atoms with E-state index in [1.807, 2.05) is 36.4 Å². The third-order valence-electron chi connectivity index (χ3n) is 6.20. The summed E-state index contributed by atoms with van der Waals surface area (Å²) in [5.41, 5.74) is 4.52. The minimum Gasteiger partial charge on any atom is -0.345 e. The van der Waals surface area contributed by atoms with Crippen LogP contribution in [0.2, 0.25) is 0 Å². The average molecular weight is 433 g/mol. The van der Waals surface area contributed by atoms with Crippen LogP contribution in [-0.2, 0) is 22.9 Å². The minimum atomic E-state index is -3.74. The maximum absolute atomic E-state index is 13.3. The van der Waals surface area contributed by atoms with Gasteiger partial charge in [0.1, 0.15) is 0 Å². The number of hydrogen-bond acceptors (Lipinski definition) is 3. The molecule has 0 bridgehead atoms. The van der Waals surface area contributed by atoms with E-state index in [-0.39, 0.29) is 16.8 Å². The van der Waals surface area contributed by atoms with Crippen molar-refractivity contribution < 1.29 is 13.2 Å². The Hall–Kier alpha value is -3.12. The molecule has 2 aliphatic rings. The van der Waals surface area contributed by atoms with Gasteiger partial charge in [0, 0.05) is 12.1 Å². The molecule has 1 heterocycles. The fraction of sp³-hybridized carbons (Fsp3) is 0.240. The van der Waals surface area contributed by atoms with Crippen LogP contribution in [0.5, 0.6) is 0 Å². The summed E-state index contributed by atoms with van der Waals surface area (Å²) in [7, 11) is -3.74. The lowest BCUT2D eigenvalue weighted by molar-refractivity contribution is 0.0932. The van der Waals surface area contributed by atoms with Crippen LogP contribution < -0.4 is 9.62 Å². The molecule has 6 heteroatoms. The van der Waals surface area contributed by atoms with Crippen molar-refractivity contribution in [3.8, 4) is 0 Å². The van der Waals surface area contributed by atoms with Gasteiger partial charge in [-0.2, -0.15) is 0 Å². The zero-order valence-corrected chi connectivity index (χ0v) is 17.9. The zero-order chi connectivity index (χ0) is 21.4. The van der Waals surface area contributed by atoms with E-state index in [1.165, 1.54) is 15.9 Å². The van der Waals surface area contributed by atoms with Crippen LogP contribution in [0.4, 0.5) is 5.69 Å². The van der Waals surface area contributed by atoms with Crippen LogP contribution in [0.3, 0.4) is 0 Å². The van der Waals surface area contributed by atoms with Gasteiger partial charge in [0.15, 0.2) is 0 Å². The van der Waals surface area contributed by atoms with Crippen molar-refractivity contribution in [3.05, 3.63) is 95.1 Å². The van der Waals surface area contributed by atoms with Crippen molar-refractivity contribution >= 4 is 21.6 Å². The van der Waals surface area contributed by atoms with E-state index in [0.717, 1.165) is 36.1 Å². The molecule has 5 nitrogen and oxygen atoms in total. The molecule has 5 rings (SSSR count). The molecule has 0 saturated heterocycles. The van der Waals surface area contributed by atoms with Crippen molar-refractivity contribution in [1.82, 2.24) is 5.32 Å². The number of anilines is 1. The molecule has 0 spiro atoms. The first-order chi connectivity index (χ1) is 15.0. The van der Waals surface area contributed by atoms with Crippen LogP contribution in [-0.4, -0.2) is 20.9 Å². The molecule has 31 heavy (non-hydrogen) atoms. The number of carbonyl (C=O) groups is 1. The van der Waals surface area contributed by atoms with Crippen molar-refractivity contribution in [2.24, 2.45) is 0 Å². The fourth-order valence-corrected chi connectivity index (χ4v) is 6.18. The van der Waals surface area contributed by atoms with E-state index in [1.54, 1.807) is 18.2 Å². The molecule has 0 radical (unpaired) electrons. The summed E-state index contributed by atoms with van der Waals surface area (Å²) in [5, 5.41) is 3.11. The summed E-state index contributed by atoms with van der Waals surface area (Å²) in [5.74, 6) is -0.249. The predicted octanol–water partition coefficient (Wildman–Crippen LogP) is 4.25. The number of nitrogens with zero attached hydrogens (tertiary/aromatic N) is 1. The van der Waals surface area contributed by atoms with Crippen LogP contribution in [0.1, 0.15) is 45.9 Å². The van der Waals surface area contributed by atoms with Gasteiger partial charge in [-0.3, -0.25) is 9.10 Å². The molecule has 0 aromatic heterocycles. The molecule has 1 amide bonds. The Labute approximate surface area is 182 Å². The maximum atomic E-state index is 13.3. The number of aryl methyl sites for hydroxylation is 1. The van der Waals surface area contributed by atoms with Crippen molar-refractivity contribution in [2.75, 3.05) is 10.8 Å². The number of hydrogen-bond donors (Lipinski definition) is 1. The number of nitrogens with one attached hydrogen (secondary N) is 1. The Kier molecular flexibility index (Phi) is 5.02. The minimum absolute atomic E-state index is 0.0526. The summed E-state index contributed by atoms with van der Waals surface area (Å²) >= 11 is 0. The molecule has 1 unspecified atom stereocenters. The molecule has 3 aromatic rings. The quantitative estimate of drug-likeness (QED) is 0.670. The normalized spacial score (nSPS) is 17.7. The highest BCUT2D eigenvalue weighted by atomic mass is 32.2. The van der Waals surface area contributed by atoms with Gasteiger partial charge in [-0.05, 0) is 66.6 Å². The van der Waals surface area contributed by atoms with E-state index in [0.29, 0.717) is 18.5 Å². The third-order valence-corrected chi connectivity index (χ3v) is 8.01. The second-order valence-electron chi connectivity index (χ2n) is 8.10. The number of benzene rings is 3. The summed E-state index contributed by atoms with van der Waals surface area (Å²) in [6.45, 7) is 0.414. The summed E-state index contributed by atoms with van der Waals surface area (Å²) in [4.78, 5) is 13.1. The number of amides is 1. The first-order valence-corrected chi connectivity index (χ1v) is 12.1. The van der Waals surface area contributed by atoms with Gasteiger partial charge >= 0.3 is 0 Å². The maximum Gasteiger partial charge on any atom is 0.264 e. The number of rotatable bonds is 4. The first kappa shape index (κ1) is 19.8. The van der Waals surface area contributed by atoms with Gasteiger partial charge in [-0.15, -0.1) is 0 Å². The fourth-order valence-electron chi connectivity index (χ4n) is 4.63. The van der Waals surface area contributed by atoms with Gasteiger partial charge in [0.25, 0.3) is 15.9 Å². The van der Waals surface area contributed by atoms with Gasteiger partial charge in [0.05, 0.1) is 16.6 Å². The van der Waals surface area contributed by atoms with Crippen LogP contribution in [0, 0.1) is 0 Å². The Morgan fingerprint density at radius 1 is 0.903 bits per heavy atom. The van der Waals surface area contributed by atoms with E-state index in [2.05, 4.69) is 17.4 Å². The van der Waals surface area contributed by atoms with E-state index < -0.39 is 10.0 Å². The molecule has 0 fully saturated rings. The van der Waals surface area contributed by atoms with Crippen molar-refractivity contribution in [2.45, 2.75) is 36.6 Å². The Bertz CT molecular complexity index is 1250. The SMILES string of the molecule is O=C(NC1CCCc2ccccc21)c1cccc(S(=O)(=O)N2CCc3ccccc32)c1. The highest BCUT2D eigenvalue weighted by Gasteiger charge is 2.31. The highest BCUT2D eigenvalue weighted by Crippen LogP contribution is 2.33. The average Bonchev–Trinajstić information content (AvgIpc) is 3.24. The van der Waals surface area contributed by atoms with Gasteiger partial charge < -0.3 is 5.32 Å². The molecule has 3 aromatic carbocycles. The smallest absolute Gasteiger partial charge is 0.264 e. The standard InChI is InChI=1S/C25H24N2O3S/c28-25(26-23-13-6-9-18-7-1-3-12-22(18)23)20-10-5-11-21(17-20)31(29,30)27-16-15-19-8-2-4-14-24(19)27/h1-5,7-8,10-12,14,17,23H,6,9,13,15-16H2,(H,26,28). The molecular formula is C25H24N2O3S. The number of para-hydroxylation sites is 1. The molecule has 1 N–H and O–H groups in total. The molecule has 158 valence electrons. The zero-order valence-electron chi connectivity index (χ0n) is 17.1. The van der Waals surface area contributed by atoms with Gasteiger partial charge in [-0.25, -0.2) is 8.42 Å². The number of fused-ring (bicyclic) bond motifs is 2. The van der Waals surface area contributed by atoms with Gasteiger partial charge in [0.2, 0.25) is 0 Å². The Morgan fingerprint density at radius 3 is 2.55 bits per heavy atom. The monoisotopic (exact) mass is 432 g/mol. The second kappa shape index (κ2) is 7.85. The third kappa shape index (κ3) is 3.61. The molecule has 1 atom stereocenters. The Morgan fingerprint density at radius 2 is 1.68 bits per heavy atom. The lowest BCUT2D eigenvalue weighted by Crippen LogP contribution is -2.32. The summed E-state index contributed by atoms with van der Waals surface area (Å²) in [6.07, 6.45) is 3.61. The van der Waals surface area contributed by atoms with Gasteiger partial charge in [-0.1, -0.05) is 48.5 Å². The van der Waals surface area contributed by atoms with E-state index in [4.69, 9.17) is 0 Å². The second-order valence-corrected chi connectivity index (χ2v) is 9.96. The van der Waals surface area contributed by atoms with E-state index in [9.17, 15) is 13.2 Å². The van der Waals surface area contributed by atoms with Crippen LogP contribution >= 0.6 is 0 Å². The topological polar surface area (TPSA) is 66.5 Å². The number of sulfonamides is 1. The molecular weight excluding hydrogens is 408 g/mol. The lowest BCUT2D eigenvalue weighted by Gasteiger charge is -2.26. The van der Waals surface area contributed by atoms with Crippen LogP contribution in [0.25, 0.3) is 0 Å².